The molecule has 1 aliphatic heterocycles. The molecule has 0 radical (unpaired) electrons. The summed E-state index contributed by atoms with van der Waals surface area (Å²) in [6.45, 7) is 7.55. The smallest absolute Gasteiger partial charge is 0.328 e. The minimum Gasteiger partial charge on any atom is -0.459 e. The van der Waals surface area contributed by atoms with E-state index in [4.69, 9.17) is 4.74 Å². The maximum absolute atomic E-state index is 11.9. The molecule has 0 atom stereocenters. The van der Waals surface area contributed by atoms with Crippen LogP contribution in [-0.2, 0) is 9.53 Å². The molecular weight excluding hydrogens is 290 g/mol. The molecule has 1 aliphatic rings. The van der Waals surface area contributed by atoms with E-state index in [2.05, 4.69) is 15.2 Å². The number of hydrogen-bond acceptors (Lipinski definition) is 3. The molecule has 0 aliphatic carbocycles. The van der Waals surface area contributed by atoms with Crippen LogP contribution in [0.1, 0.15) is 40.0 Å². The second-order valence-corrected chi connectivity index (χ2v) is 6.77. The van der Waals surface area contributed by atoms with Crippen LogP contribution in [0.25, 0.3) is 0 Å². The summed E-state index contributed by atoms with van der Waals surface area (Å²) in [5.41, 5.74) is 0.492. The number of anilines is 1. The average Bonchev–Trinajstić information content (AvgIpc) is 2.51. The lowest BCUT2D eigenvalue weighted by molar-refractivity contribution is -0.152. The molecule has 0 unspecified atom stereocenters. The van der Waals surface area contributed by atoms with Crippen LogP contribution in [-0.4, -0.2) is 42.1 Å². The summed E-state index contributed by atoms with van der Waals surface area (Å²) in [7, 11) is 0. The number of guanidine groups is 1. The molecule has 126 valence electrons. The number of nitrogens with zero attached hydrogens (tertiary/aromatic N) is 2. The number of aliphatic imine (C=N–C) groups is 1. The molecule has 1 aromatic carbocycles. The standard InChI is InChI=1S/C18H27N3O2/c1-18(2,3)23-16(22)14-19-17(21-12-8-5-9-13-21)20-15-10-6-4-7-11-15/h4,6-7,10-11H,5,8-9,12-14H2,1-3H3,(H,19,20). The van der Waals surface area contributed by atoms with Gasteiger partial charge in [0, 0.05) is 18.8 Å². The molecule has 0 spiro atoms. The van der Waals surface area contributed by atoms with Crippen molar-refractivity contribution in [2.24, 2.45) is 4.99 Å². The lowest BCUT2D eigenvalue weighted by Gasteiger charge is -2.30. The van der Waals surface area contributed by atoms with E-state index in [0.29, 0.717) is 0 Å². The Morgan fingerprint density at radius 1 is 1.17 bits per heavy atom. The first kappa shape index (κ1) is 17.3. The highest BCUT2D eigenvalue weighted by Gasteiger charge is 2.18. The Kier molecular flexibility index (Phi) is 6.02. The van der Waals surface area contributed by atoms with Gasteiger partial charge in [0.15, 0.2) is 5.96 Å². The number of nitrogens with one attached hydrogen (secondary N) is 1. The van der Waals surface area contributed by atoms with Crippen molar-refractivity contribution in [2.75, 3.05) is 25.0 Å². The zero-order chi connectivity index (χ0) is 16.7. The summed E-state index contributed by atoms with van der Waals surface area (Å²) >= 11 is 0. The van der Waals surface area contributed by atoms with E-state index in [-0.39, 0.29) is 12.5 Å². The van der Waals surface area contributed by atoms with Crippen LogP contribution >= 0.6 is 0 Å². The number of rotatable bonds is 3. The summed E-state index contributed by atoms with van der Waals surface area (Å²) in [5, 5.41) is 3.34. The quantitative estimate of drug-likeness (QED) is 0.528. The van der Waals surface area contributed by atoms with Crippen LogP contribution in [0.4, 0.5) is 5.69 Å². The molecule has 0 bridgehead atoms. The molecule has 2 rings (SSSR count). The van der Waals surface area contributed by atoms with Crippen LogP contribution in [0.3, 0.4) is 0 Å². The predicted octanol–water partition coefficient (Wildman–Crippen LogP) is 3.28. The Hall–Kier alpha value is -2.04. The molecule has 0 aromatic heterocycles. The Labute approximate surface area is 138 Å². The highest BCUT2D eigenvalue weighted by atomic mass is 16.6. The molecule has 0 saturated carbocycles. The second kappa shape index (κ2) is 7.99. The summed E-state index contributed by atoms with van der Waals surface area (Å²) in [6, 6.07) is 9.91. The lowest BCUT2D eigenvalue weighted by atomic mass is 10.1. The molecule has 5 nitrogen and oxygen atoms in total. The van der Waals surface area contributed by atoms with E-state index in [9.17, 15) is 4.79 Å². The maximum atomic E-state index is 11.9. The number of ether oxygens (including phenoxy) is 1. The normalized spacial score (nSPS) is 16.1. The SMILES string of the molecule is CC(C)(C)OC(=O)CN=C(Nc1ccccc1)N1CCCCC1. The largest absolute Gasteiger partial charge is 0.459 e. The van der Waals surface area contributed by atoms with E-state index in [1.807, 2.05) is 51.1 Å². The minimum atomic E-state index is -0.481. The van der Waals surface area contributed by atoms with Crippen LogP contribution < -0.4 is 5.32 Å². The average molecular weight is 317 g/mol. The summed E-state index contributed by atoms with van der Waals surface area (Å²) in [4.78, 5) is 18.6. The molecule has 23 heavy (non-hydrogen) atoms. The van der Waals surface area contributed by atoms with Crippen molar-refractivity contribution in [3.05, 3.63) is 30.3 Å². The fourth-order valence-corrected chi connectivity index (χ4v) is 2.49. The van der Waals surface area contributed by atoms with Gasteiger partial charge in [-0.3, -0.25) is 4.79 Å². The van der Waals surface area contributed by atoms with Crippen molar-refractivity contribution in [2.45, 2.75) is 45.6 Å². The van der Waals surface area contributed by atoms with Gasteiger partial charge in [0.25, 0.3) is 0 Å². The second-order valence-electron chi connectivity index (χ2n) is 6.77. The first-order valence-corrected chi connectivity index (χ1v) is 8.27. The van der Waals surface area contributed by atoms with Gasteiger partial charge in [0.1, 0.15) is 12.1 Å². The monoisotopic (exact) mass is 317 g/mol. The molecule has 0 amide bonds. The van der Waals surface area contributed by atoms with Crippen LogP contribution in [0, 0.1) is 0 Å². The Morgan fingerprint density at radius 3 is 2.43 bits per heavy atom. The van der Waals surface area contributed by atoms with Crippen molar-refractivity contribution >= 4 is 17.6 Å². The fraction of sp³-hybridized carbons (Fsp3) is 0.556. The van der Waals surface area contributed by atoms with Gasteiger partial charge in [-0.05, 0) is 52.2 Å². The number of carbonyl (C=O) groups excluding carboxylic acids is 1. The fourth-order valence-electron chi connectivity index (χ4n) is 2.49. The minimum absolute atomic E-state index is 0.0307. The van der Waals surface area contributed by atoms with Gasteiger partial charge >= 0.3 is 5.97 Å². The van der Waals surface area contributed by atoms with Crippen molar-refractivity contribution in [1.82, 2.24) is 4.90 Å². The molecule has 1 fully saturated rings. The molecule has 1 N–H and O–H groups in total. The molecule has 1 aromatic rings. The topological polar surface area (TPSA) is 53.9 Å². The Bertz CT molecular complexity index is 529. The van der Waals surface area contributed by atoms with Crippen molar-refractivity contribution in [3.63, 3.8) is 0 Å². The first-order chi connectivity index (χ1) is 10.9. The van der Waals surface area contributed by atoms with Crippen molar-refractivity contribution in [1.29, 1.82) is 0 Å². The number of likely N-dealkylation sites (tertiary alicyclic amines) is 1. The number of carbonyl (C=O) groups is 1. The van der Waals surface area contributed by atoms with Gasteiger partial charge in [-0.15, -0.1) is 0 Å². The van der Waals surface area contributed by atoms with Gasteiger partial charge < -0.3 is 15.0 Å². The van der Waals surface area contributed by atoms with Crippen LogP contribution in [0.15, 0.2) is 35.3 Å². The molecule has 1 saturated heterocycles. The third kappa shape index (κ3) is 6.30. The van der Waals surface area contributed by atoms with Crippen LogP contribution in [0.2, 0.25) is 0 Å². The zero-order valence-electron chi connectivity index (χ0n) is 14.3. The zero-order valence-corrected chi connectivity index (χ0v) is 14.3. The van der Waals surface area contributed by atoms with E-state index in [1.165, 1.54) is 6.42 Å². The lowest BCUT2D eigenvalue weighted by Crippen LogP contribution is -2.40. The van der Waals surface area contributed by atoms with E-state index in [0.717, 1.165) is 37.6 Å². The van der Waals surface area contributed by atoms with Crippen molar-refractivity contribution in [3.8, 4) is 0 Å². The molecule has 1 heterocycles. The highest BCUT2D eigenvalue weighted by molar-refractivity contribution is 5.94. The van der Waals surface area contributed by atoms with Crippen LogP contribution in [0.5, 0.6) is 0 Å². The highest BCUT2D eigenvalue weighted by Crippen LogP contribution is 2.13. The van der Waals surface area contributed by atoms with Gasteiger partial charge in [0.05, 0.1) is 0 Å². The number of hydrogen-bond donors (Lipinski definition) is 1. The third-order valence-corrected chi connectivity index (χ3v) is 3.46. The molecular formula is C18H27N3O2. The number of esters is 1. The summed E-state index contributed by atoms with van der Waals surface area (Å²) < 4.78 is 5.33. The van der Waals surface area contributed by atoms with Gasteiger partial charge in [-0.25, -0.2) is 4.99 Å². The van der Waals surface area contributed by atoms with E-state index < -0.39 is 5.60 Å². The van der Waals surface area contributed by atoms with E-state index >= 15 is 0 Å². The predicted molar refractivity (Wildman–Crippen MR) is 93.6 cm³/mol. The third-order valence-electron chi connectivity index (χ3n) is 3.46. The number of piperidine rings is 1. The van der Waals surface area contributed by atoms with Gasteiger partial charge in [0.2, 0.25) is 0 Å². The number of benzene rings is 1. The van der Waals surface area contributed by atoms with Crippen molar-refractivity contribution < 1.29 is 9.53 Å². The van der Waals surface area contributed by atoms with Gasteiger partial charge in [-0.2, -0.15) is 0 Å². The van der Waals surface area contributed by atoms with E-state index in [1.54, 1.807) is 0 Å². The molecule has 5 heteroatoms. The summed E-state index contributed by atoms with van der Waals surface area (Å²) in [6.07, 6.45) is 3.56. The maximum Gasteiger partial charge on any atom is 0.328 e. The Morgan fingerprint density at radius 2 is 1.83 bits per heavy atom. The Balaban J connectivity index is 2.06. The first-order valence-electron chi connectivity index (χ1n) is 8.27. The number of para-hydroxylation sites is 1. The van der Waals surface area contributed by atoms with Gasteiger partial charge in [-0.1, -0.05) is 18.2 Å². The summed E-state index contributed by atoms with van der Waals surface area (Å²) in [5.74, 6) is 0.448.